The van der Waals surface area contributed by atoms with Crippen LogP contribution in [0.4, 0.5) is 0 Å². The van der Waals surface area contributed by atoms with Gasteiger partial charge in [0, 0.05) is 31.2 Å². The Morgan fingerprint density at radius 3 is 2.74 bits per heavy atom. The lowest BCUT2D eigenvalue weighted by Crippen LogP contribution is -2.33. The third-order valence-corrected chi connectivity index (χ3v) is 4.84. The molecular weight excluding hydrogens is 290 g/mol. The zero-order valence-corrected chi connectivity index (χ0v) is 13.8. The van der Waals surface area contributed by atoms with Crippen LogP contribution < -0.4 is 4.74 Å². The Kier molecular flexibility index (Phi) is 6.06. The highest BCUT2D eigenvalue weighted by atomic mass is 16.5. The SMILES string of the molecule is O=C(c1cccc(OCCN2CCCCC2)c1)C1CCOCC1. The van der Waals surface area contributed by atoms with Gasteiger partial charge in [-0.05, 0) is 50.9 Å². The Labute approximate surface area is 138 Å². The van der Waals surface area contributed by atoms with Crippen LogP contribution in [0.2, 0.25) is 0 Å². The Morgan fingerprint density at radius 1 is 1.17 bits per heavy atom. The molecule has 0 saturated carbocycles. The maximum atomic E-state index is 12.6. The number of hydrogen-bond acceptors (Lipinski definition) is 4. The van der Waals surface area contributed by atoms with E-state index in [1.807, 2.05) is 24.3 Å². The molecule has 1 aromatic rings. The summed E-state index contributed by atoms with van der Waals surface area (Å²) in [7, 11) is 0. The fourth-order valence-corrected chi connectivity index (χ4v) is 3.41. The molecule has 0 spiro atoms. The van der Waals surface area contributed by atoms with Gasteiger partial charge in [0.15, 0.2) is 5.78 Å². The van der Waals surface area contributed by atoms with Gasteiger partial charge in [-0.1, -0.05) is 18.6 Å². The first kappa shape index (κ1) is 16.5. The van der Waals surface area contributed by atoms with Crippen LogP contribution in [-0.2, 0) is 4.74 Å². The molecule has 0 N–H and O–H groups in total. The minimum atomic E-state index is 0.104. The minimum absolute atomic E-state index is 0.104. The molecule has 126 valence electrons. The van der Waals surface area contributed by atoms with Crippen molar-refractivity contribution in [3.8, 4) is 5.75 Å². The van der Waals surface area contributed by atoms with E-state index in [1.54, 1.807) is 0 Å². The number of rotatable bonds is 6. The first-order valence-electron chi connectivity index (χ1n) is 8.90. The monoisotopic (exact) mass is 317 g/mol. The highest BCUT2D eigenvalue weighted by molar-refractivity contribution is 5.98. The van der Waals surface area contributed by atoms with E-state index in [4.69, 9.17) is 9.47 Å². The van der Waals surface area contributed by atoms with E-state index in [0.29, 0.717) is 19.8 Å². The van der Waals surface area contributed by atoms with Gasteiger partial charge in [0.2, 0.25) is 0 Å². The number of carbonyl (C=O) groups is 1. The molecule has 4 nitrogen and oxygen atoms in total. The summed E-state index contributed by atoms with van der Waals surface area (Å²) in [4.78, 5) is 15.0. The summed E-state index contributed by atoms with van der Waals surface area (Å²) in [6.07, 6.45) is 5.62. The molecule has 2 heterocycles. The van der Waals surface area contributed by atoms with Crippen LogP contribution >= 0.6 is 0 Å². The average molecular weight is 317 g/mol. The van der Waals surface area contributed by atoms with E-state index in [0.717, 1.165) is 30.7 Å². The molecule has 23 heavy (non-hydrogen) atoms. The van der Waals surface area contributed by atoms with Crippen molar-refractivity contribution in [1.82, 2.24) is 4.90 Å². The summed E-state index contributed by atoms with van der Waals surface area (Å²) in [6, 6.07) is 7.66. The highest BCUT2D eigenvalue weighted by Gasteiger charge is 2.23. The van der Waals surface area contributed by atoms with Crippen molar-refractivity contribution in [3.63, 3.8) is 0 Å². The summed E-state index contributed by atoms with van der Waals surface area (Å²) in [6.45, 7) is 5.43. The van der Waals surface area contributed by atoms with Crippen molar-refractivity contribution in [1.29, 1.82) is 0 Å². The van der Waals surface area contributed by atoms with Gasteiger partial charge in [-0.2, -0.15) is 0 Å². The summed E-state index contributed by atoms with van der Waals surface area (Å²) in [5, 5.41) is 0. The number of carbonyl (C=O) groups excluding carboxylic acids is 1. The minimum Gasteiger partial charge on any atom is -0.492 e. The van der Waals surface area contributed by atoms with Gasteiger partial charge in [-0.3, -0.25) is 9.69 Å². The molecule has 3 rings (SSSR count). The zero-order valence-electron chi connectivity index (χ0n) is 13.8. The topological polar surface area (TPSA) is 38.8 Å². The van der Waals surface area contributed by atoms with Crippen molar-refractivity contribution < 1.29 is 14.3 Å². The zero-order chi connectivity index (χ0) is 15.9. The second kappa shape index (κ2) is 8.46. The second-order valence-electron chi connectivity index (χ2n) is 6.53. The smallest absolute Gasteiger partial charge is 0.166 e. The molecule has 0 aromatic heterocycles. The van der Waals surface area contributed by atoms with Gasteiger partial charge < -0.3 is 9.47 Å². The molecule has 1 aromatic carbocycles. The Bertz CT molecular complexity index is 505. The van der Waals surface area contributed by atoms with E-state index >= 15 is 0 Å². The molecule has 0 amide bonds. The fourth-order valence-electron chi connectivity index (χ4n) is 3.41. The van der Waals surface area contributed by atoms with E-state index in [-0.39, 0.29) is 11.7 Å². The fraction of sp³-hybridized carbons (Fsp3) is 0.632. The van der Waals surface area contributed by atoms with Crippen LogP contribution in [0.1, 0.15) is 42.5 Å². The van der Waals surface area contributed by atoms with Crippen LogP contribution in [0.15, 0.2) is 24.3 Å². The van der Waals surface area contributed by atoms with Gasteiger partial charge >= 0.3 is 0 Å². The molecule has 2 saturated heterocycles. The first-order valence-corrected chi connectivity index (χ1v) is 8.90. The molecule has 0 radical (unpaired) electrons. The van der Waals surface area contributed by atoms with Crippen molar-refractivity contribution >= 4 is 5.78 Å². The van der Waals surface area contributed by atoms with Gasteiger partial charge in [0.25, 0.3) is 0 Å². The summed E-state index contributed by atoms with van der Waals surface area (Å²) in [5.41, 5.74) is 0.771. The third kappa shape index (κ3) is 4.79. The molecule has 2 fully saturated rings. The van der Waals surface area contributed by atoms with Crippen LogP contribution in [0.3, 0.4) is 0 Å². The maximum Gasteiger partial charge on any atom is 0.166 e. The van der Waals surface area contributed by atoms with Gasteiger partial charge in [-0.15, -0.1) is 0 Å². The Morgan fingerprint density at radius 2 is 1.96 bits per heavy atom. The summed E-state index contributed by atoms with van der Waals surface area (Å²) in [5.74, 6) is 1.14. The highest BCUT2D eigenvalue weighted by Crippen LogP contribution is 2.22. The van der Waals surface area contributed by atoms with Crippen LogP contribution in [0.25, 0.3) is 0 Å². The van der Waals surface area contributed by atoms with Crippen LogP contribution in [0.5, 0.6) is 5.75 Å². The van der Waals surface area contributed by atoms with Gasteiger partial charge in [0.05, 0.1) is 0 Å². The third-order valence-electron chi connectivity index (χ3n) is 4.84. The number of piperidine rings is 1. The lowest BCUT2D eigenvalue weighted by atomic mass is 9.91. The van der Waals surface area contributed by atoms with E-state index in [1.165, 1.54) is 32.4 Å². The number of benzene rings is 1. The van der Waals surface area contributed by atoms with Crippen molar-refractivity contribution in [2.75, 3.05) is 39.5 Å². The number of nitrogens with zero attached hydrogens (tertiary/aromatic N) is 1. The number of Topliss-reactive ketones (excluding diaryl/α,β-unsaturated/α-hetero) is 1. The van der Waals surface area contributed by atoms with E-state index in [2.05, 4.69) is 4.90 Å². The lowest BCUT2D eigenvalue weighted by molar-refractivity contribution is 0.0544. The van der Waals surface area contributed by atoms with E-state index in [9.17, 15) is 4.79 Å². The predicted molar refractivity (Wildman–Crippen MR) is 90.1 cm³/mol. The number of hydrogen-bond donors (Lipinski definition) is 0. The molecule has 0 unspecified atom stereocenters. The van der Waals surface area contributed by atoms with Crippen LogP contribution in [0, 0.1) is 5.92 Å². The molecule has 2 aliphatic rings. The van der Waals surface area contributed by atoms with Crippen molar-refractivity contribution in [3.05, 3.63) is 29.8 Å². The second-order valence-corrected chi connectivity index (χ2v) is 6.53. The van der Waals surface area contributed by atoms with Gasteiger partial charge in [-0.25, -0.2) is 0 Å². The lowest BCUT2D eigenvalue weighted by Gasteiger charge is -2.26. The molecule has 0 atom stereocenters. The number of likely N-dealkylation sites (tertiary alicyclic amines) is 1. The predicted octanol–water partition coefficient (Wildman–Crippen LogP) is 3.16. The summed E-state index contributed by atoms with van der Waals surface area (Å²) < 4.78 is 11.2. The molecule has 2 aliphatic heterocycles. The Balaban J connectivity index is 1.51. The molecule has 4 heteroatoms. The normalized spacial score (nSPS) is 20.3. The molecular formula is C19H27NO3. The van der Waals surface area contributed by atoms with E-state index < -0.39 is 0 Å². The molecule has 0 aliphatic carbocycles. The van der Waals surface area contributed by atoms with Crippen molar-refractivity contribution in [2.24, 2.45) is 5.92 Å². The quantitative estimate of drug-likeness (QED) is 0.756. The molecule has 0 bridgehead atoms. The van der Waals surface area contributed by atoms with Gasteiger partial charge in [0.1, 0.15) is 12.4 Å². The first-order chi connectivity index (χ1) is 11.3. The van der Waals surface area contributed by atoms with Crippen molar-refractivity contribution in [2.45, 2.75) is 32.1 Å². The standard InChI is InChI=1S/C19H27NO3/c21-19(16-7-12-22-13-8-16)17-5-4-6-18(15-17)23-14-11-20-9-2-1-3-10-20/h4-6,15-16H,1-3,7-14H2. The number of ether oxygens (including phenoxy) is 2. The summed E-state index contributed by atoms with van der Waals surface area (Å²) >= 11 is 0. The number of ketones is 1. The largest absolute Gasteiger partial charge is 0.492 e. The Hall–Kier alpha value is -1.39. The van der Waals surface area contributed by atoms with Crippen LogP contribution in [-0.4, -0.2) is 50.1 Å². The maximum absolute atomic E-state index is 12.6. The average Bonchev–Trinajstić information content (AvgIpc) is 2.63.